The van der Waals surface area contributed by atoms with Crippen LogP contribution in [0.15, 0.2) is 53.7 Å². The van der Waals surface area contributed by atoms with Gasteiger partial charge in [-0.3, -0.25) is 9.00 Å². The molecule has 0 radical (unpaired) electrons. The zero-order chi connectivity index (χ0) is 13.7. The maximum Gasteiger partial charge on any atom is 0.253 e. The normalized spacial score (nSPS) is 11.8. The van der Waals surface area contributed by atoms with Crippen LogP contribution in [-0.2, 0) is 16.6 Å². The SMILES string of the molecule is CNC(=O)c1cccnc1S(=O)Cc1ccccc1. The molecule has 1 heterocycles. The van der Waals surface area contributed by atoms with E-state index in [0.717, 1.165) is 5.56 Å². The van der Waals surface area contributed by atoms with E-state index in [-0.39, 0.29) is 5.91 Å². The fourth-order valence-electron chi connectivity index (χ4n) is 1.67. The molecule has 0 fully saturated rings. The van der Waals surface area contributed by atoms with Crippen molar-refractivity contribution in [1.29, 1.82) is 0 Å². The third kappa shape index (κ3) is 3.26. The topological polar surface area (TPSA) is 59.1 Å². The monoisotopic (exact) mass is 274 g/mol. The van der Waals surface area contributed by atoms with Crippen LogP contribution in [-0.4, -0.2) is 22.1 Å². The van der Waals surface area contributed by atoms with Crippen LogP contribution < -0.4 is 5.32 Å². The summed E-state index contributed by atoms with van der Waals surface area (Å²) >= 11 is 0. The molecule has 1 atom stereocenters. The van der Waals surface area contributed by atoms with Crippen LogP contribution in [0, 0.1) is 0 Å². The fraction of sp³-hybridized carbons (Fsp3) is 0.143. The second-order valence-electron chi connectivity index (χ2n) is 3.91. The molecule has 0 aliphatic carbocycles. The molecule has 2 rings (SSSR count). The first-order valence-electron chi connectivity index (χ1n) is 5.81. The van der Waals surface area contributed by atoms with Gasteiger partial charge in [-0.2, -0.15) is 0 Å². The van der Waals surface area contributed by atoms with Crippen molar-refractivity contribution in [3.05, 3.63) is 59.8 Å². The van der Waals surface area contributed by atoms with Crippen molar-refractivity contribution in [1.82, 2.24) is 10.3 Å². The predicted molar refractivity (Wildman–Crippen MR) is 74.2 cm³/mol. The van der Waals surface area contributed by atoms with Gasteiger partial charge in [0, 0.05) is 13.2 Å². The van der Waals surface area contributed by atoms with Crippen LogP contribution in [0.25, 0.3) is 0 Å². The van der Waals surface area contributed by atoms with Gasteiger partial charge in [0.05, 0.1) is 22.1 Å². The van der Waals surface area contributed by atoms with Gasteiger partial charge in [-0.15, -0.1) is 0 Å². The van der Waals surface area contributed by atoms with Crippen molar-refractivity contribution in [3.63, 3.8) is 0 Å². The summed E-state index contributed by atoms with van der Waals surface area (Å²) in [4.78, 5) is 15.8. The Balaban J connectivity index is 2.27. The zero-order valence-electron chi connectivity index (χ0n) is 10.5. The van der Waals surface area contributed by atoms with Crippen LogP contribution in [0.3, 0.4) is 0 Å². The summed E-state index contributed by atoms with van der Waals surface area (Å²) in [5, 5.41) is 2.85. The summed E-state index contributed by atoms with van der Waals surface area (Å²) in [7, 11) is 0.201. The molecule has 0 spiro atoms. The lowest BCUT2D eigenvalue weighted by Crippen LogP contribution is -2.20. The summed E-state index contributed by atoms with van der Waals surface area (Å²) in [6, 6.07) is 12.8. The largest absolute Gasteiger partial charge is 0.355 e. The summed E-state index contributed by atoms with van der Waals surface area (Å²) in [6.07, 6.45) is 1.55. The number of rotatable bonds is 4. The van der Waals surface area contributed by atoms with E-state index in [2.05, 4.69) is 10.3 Å². The summed E-state index contributed by atoms with van der Waals surface area (Å²) in [5.74, 6) is 0.0755. The Morgan fingerprint density at radius 1 is 1.21 bits per heavy atom. The molecule has 4 nitrogen and oxygen atoms in total. The van der Waals surface area contributed by atoms with Gasteiger partial charge >= 0.3 is 0 Å². The molecule has 19 heavy (non-hydrogen) atoms. The van der Waals surface area contributed by atoms with E-state index < -0.39 is 10.8 Å². The molecule has 1 unspecified atom stereocenters. The van der Waals surface area contributed by atoms with E-state index >= 15 is 0 Å². The van der Waals surface area contributed by atoms with Crippen LogP contribution >= 0.6 is 0 Å². The Morgan fingerprint density at radius 2 is 1.95 bits per heavy atom. The second-order valence-corrected chi connectivity index (χ2v) is 5.28. The molecule has 1 aromatic carbocycles. The van der Waals surface area contributed by atoms with Gasteiger partial charge in [-0.05, 0) is 17.7 Å². The maximum absolute atomic E-state index is 12.3. The highest BCUT2D eigenvalue weighted by molar-refractivity contribution is 7.84. The molecule has 0 aliphatic heterocycles. The first-order valence-corrected chi connectivity index (χ1v) is 7.13. The average Bonchev–Trinajstić information content (AvgIpc) is 2.47. The predicted octanol–water partition coefficient (Wildman–Crippen LogP) is 1.75. The molecular weight excluding hydrogens is 260 g/mol. The summed E-state index contributed by atoms with van der Waals surface area (Å²) in [5.41, 5.74) is 1.31. The maximum atomic E-state index is 12.3. The lowest BCUT2D eigenvalue weighted by molar-refractivity contribution is 0.0959. The van der Waals surface area contributed by atoms with E-state index in [1.807, 2.05) is 30.3 Å². The molecule has 1 aromatic heterocycles. The number of amides is 1. The van der Waals surface area contributed by atoms with Crippen LogP contribution in [0.4, 0.5) is 0 Å². The van der Waals surface area contributed by atoms with Crippen molar-refractivity contribution >= 4 is 16.7 Å². The Labute approximate surface area is 114 Å². The molecule has 0 aliphatic rings. The average molecular weight is 274 g/mol. The number of aromatic nitrogens is 1. The van der Waals surface area contributed by atoms with Gasteiger partial charge in [0.25, 0.3) is 5.91 Å². The van der Waals surface area contributed by atoms with Crippen LogP contribution in [0.5, 0.6) is 0 Å². The molecule has 0 saturated heterocycles. The second kappa shape index (κ2) is 6.24. The van der Waals surface area contributed by atoms with Crippen molar-refractivity contribution in [3.8, 4) is 0 Å². The number of pyridine rings is 1. The molecule has 1 N–H and O–H groups in total. The first kappa shape index (κ1) is 13.4. The van der Waals surface area contributed by atoms with Crippen molar-refractivity contribution < 1.29 is 9.00 Å². The van der Waals surface area contributed by atoms with Gasteiger partial charge in [-0.1, -0.05) is 30.3 Å². The van der Waals surface area contributed by atoms with E-state index in [0.29, 0.717) is 16.3 Å². The molecule has 0 saturated carbocycles. The van der Waals surface area contributed by atoms with Gasteiger partial charge in [-0.25, -0.2) is 4.98 Å². The van der Waals surface area contributed by atoms with Gasteiger partial charge in [0.15, 0.2) is 0 Å². The quantitative estimate of drug-likeness (QED) is 0.924. The molecule has 5 heteroatoms. The summed E-state index contributed by atoms with van der Waals surface area (Å²) in [6.45, 7) is 0. The Kier molecular flexibility index (Phi) is 4.41. The van der Waals surface area contributed by atoms with Crippen molar-refractivity contribution in [2.75, 3.05) is 7.05 Å². The number of benzene rings is 1. The highest BCUT2D eigenvalue weighted by atomic mass is 32.2. The molecular formula is C14H14N2O2S. The standard InChI is InChI=1S/C14H14N2O2S/c1-15-13(17)12-8-5-9-16-14(12)19(18)10-11-6-3-2-4-7-11/h2-9H,10H2,1H3,(H,15,17). The van der Waals surface area contributed by atoms with Crippen LogP contribution in [0.1, 0.15) is 15.9 Å². The van der Waals surface area contributed by atoms with E-state index in [4.69, 9.17) is 0 Å². The molecule has 1 amide bonds. The van der Waals surface area contributed by atoms with Crippen LogP contribution in [0.2, 0.25) is 0 Å². The highest BCUT2D eigenvalue weighted by Crippen LogP contribution is 2.14. The number of hydrogen-bond donors (Lipinski definition) is 1. The Morgan fingerprint density at radius 3 is 2.63 bits per heavy atom. The van der Waals surface area contributed by atoms with Gasteiger partial charge in [0.2, 0.25) is 0 Å². The van der Waals surface area contributed by atoms with Gasteiger partial charge < -0.3 is 5.32 Å². The minimum atomic E-state index is -1.34. The zero-order valence-corrected chi connectivity index (χ0v) is 11.3. The lowest BCUT2D eigenvalue weighted by atomic mass is 10.2. The minimum Gasteiger partial charge on any atom is -0.355 e. The number of nitrogens with one attached hydrogen (secondary N) is 1. The van der Waals surface area contributed by atoms with Crippen molar-refractivity contribution in [2.24, 2.45) is 0 Å². The first-order chi connectivity index (χ1) is 9.22. The Hall–Kier alpha value is -2.01. The number of carbonyl (C=O) groups excluding carboxylic acids is 1. The third-order valence-corrected chi connectivity index (χ3v) is 3.95. The fourth-order valence-corrected chi connectivity index (χ4v) is 2.89. The van der Waals surface area contributed by atoms with Crippen molar-refractivity contribution in [2.45, 2.75) is 10.8 Å². The minimum absolute atomic E-state index is 0.274. The lowest BCUT2D eigenvalue weighted by Gasteiger charge is -2.07. The number of hydrogen-bond acceptors (Lipinski definition) is 3. The number of carbonyl (C=O) groups is 1. The van der Waals surface area contributed by atoms with Gasteiger partial charge in [0.1, 0.15) is 5.03 Å². The van der Waals surface area contributed by atoms with E-state index in [1.165, 1.54) is 0 Å². The summed E-state index contributed by atoms with van der Waals surface area (Å²) < 4.78 is 12.3. The Bertz CT molecular complexity index is 599. The number of nitrogens with zero attached hydrogens (tertiary/aromatic N) is 1. The highest BCUT2D eigenvalue weighted by Gasteiger charge is 2.16. The van der Waals surface area contributed by atoms with E-state index in [9.17, 15) is 9.00 Å². The molecule has 2 aromatic rings. The smallest absolute Gasteiger partial charge is 0.253 e. The van der Waals surface area contributed by atoms with E-state index in [1.54, 1.807) is 25.4 Å². The molecule has 98 valence electrons. The third-order valence-electron chi connectivity index (χ3n) is 2.60. The molecule has 0 bridgehead atoms.